The summed E-state index contributed by atoms with van der Waals surface area (Å²) in [6.07, 6.45) is 9.10. The average molecular weight is 392 g/mol. The van der Waals surface area contributed by atoms with Crippen LogP contribution in [0.2, 0.25) is 0 Å². The molecular formula is C22H29N7. The summed E-state index contributed by atoms with van der Waals surface area (Å²) in [5, 5.41) is 8.15. The minimum atomic E-state index is 0.573. The van der Waals surface area contributed by atoms with Gasteiger partial charge in [0.1, 0.15) is 5.82 Å². The van der Waals surface area contributed by atoms with E-state index in [0.717, 1.165) is 28.7 Å². The van der Waals surface area contributed by atoms with Gasteiger partial charge in [0.2, 0.25) is 0 Å². The van der Waals surface area contributed by atoms with Gasteiger partial charge in [-0.05, 0) is 24.5 Å². The Morgan fingerprint density at radius 3 is 2.79 bits per heavy atom. The van der Waals surface area contributed by atoms with Crippen molar-refractivity contribution in [2.24, 2.45) is 4.99 Å². The van der Waals surface area contributed by atoms with Crippen LogP contribution in [0, 0.1) is 0 Å². The van der Waals surface area contributed by atoms with Crippen molar-refractivity contribution in [2.45, 2.75) is 44.8 Å². The first-order valence-corrected chi connectivity index (χ1v) is 10.3. The van der Waals surface area contributed by atoms with E-state index in [9.17, 15) is 0 Å². The lowest BCUT2D eigenvalue weighted by atomic mass is 10.2. The monoisotopic (exact) mass is 391 g/mol. The molecule has 0 aliphatic heterocycles. The van der Waals surface area contributed by atoms with E-state index in [4.69, 9.17) is 5.10 Å². The van der Waals surface area contributed by atoms with E-state index in [2.05, 4.69) is 54.3 Å². The number of aliphatic imine (C=N–C) groups is 1. The van der Waals surface area contributed by atoms with Gasteiger partial charge in [-0.2, -0.15) is 5.10 Å². The number of rotatable bonds is 6. The number of benzene rings is 1. The van der Waals surface area contributed by atoms with Crippen LogP contribution in [0.4, 0.5) is 0 Å². The summed E-state index contributed by atoms with van der Waals surface area (Å²) in [5.74, 6) is 1.72. The van der Waals surface area contributed by atoms with E-state index < -0.39 is 0 Å². The van der Waals surface area contributed by atoms with Crippen molar-refractivity contribution in [1.82, 2.24) is 30.0 Å². The number of nitrogens with one attached hydrogen (secondary N) is 2. The molecule has 29 heavy (non-hydrogen) atoms. The molecule has 0 unspecified atom stereocenters. The van der Waals surface area contributed by atoms with Crippen molar-refractivity contribution in [3.63, 3.8) is 0 Å². The molecule has 1 saturated carbocycles. The second-order valence-corrected chi connectivity index (χ2v) is 7.59. The molecule has 1 fully saturated rings. The van der Waals surface area contributed by atoms with Crippen LogP contribution in [0.25, 0.3) is 11.3 Å². The van der Waals surface area contributed by atoms with E-state index in [-0.39, 0.29) is 0 Å². The Hall–Kier alpha value is -3.09. The molecule has 2 aromatic heterocycles. The van der Waals surface area contributed by atoms with Crippen LogP contribution in [0.5, 0.6) is 0 Å². The Kier molecular flexibility index (Phi) is 5.93. The van der Waals surface area contributed by atoms with Crippen LogP contribution in [0.3, 0.4) is 0 Å². The molecule has 0 amide bonds. The highest BCUT2D eigenvalue weighted by Crippen LogP contribution is 2.28. The van der Waals surface area contributed by atoms with Gasteiger partial charge in [0.25, 0.3) is 0 Å². The quantitative estimate of drug-likeness (QED) is 0.497. The highest BCUT2D eigenvalue weighted by atomic mass is 15.3. The van der Waals surface area contributed by atoms with Gasteiger partial charge in [-0.15, -0.1) is 0 Å². The largest absolute Gasteiger partial charge is 0.351 e. The van der Waals surface area contributed by atoms with Crippen LogP contribution in [0.1, 0.15) is 43.2 Å². The number of hydrogen-bond donors (Lipinski definition) is 2. The fraction of sp³-hybridized carbons (Fsp3) is 0.409. The Balaban J connectivity index is 1.33. The molecule has 0 spiro atoms. The highest BCUT2D eigenvalue weighted by molar-refractivity contribution is 5.79. The van der Waals surface area contributed by atoms with Crippen molar-refractivity contribution < 1.29 is 0 Å². The van der Waals surface area contributed by atoms with Gasteiger partial charge >= 0.3 is 0 Å². The zero-order valence-electron chi connectivity index (χ0n) is 17.2. The Labute approximate surface area is 171 Å². The summed E-state index contributed by atoms with van der Waals surface area (Å²) in [5.41, 5.74) is 3.19. The average Bonchev–Trinajstić information content (AvgIpc) is 3.50. The molecule has 2 heterocycles. The molecule has 152 valence electrons. The number of hydrogen-bond acceptors (Lipinski definition) is 3. The number of guanidine groups is 1. The van der Waals surface area contributed by atoms with Gasteiger partial charge in [-0.25, -0.2) is 4.98 Å². The summed E-state index contributed by atoms with van der Waals surface area (Å²) in [6, 6.07) is 12.9. The van der Waals surface area contributed by atoms with Crippen molar-refractivity contribution in [2.75, 3.05) is 14.1 Å². The lowest BCUT2D eigenvalue weighted by Crippen LogP contribution is -2.38. The first kappa shape index (κ1) is 19.2. The first-order valence-electron chi connectivity index (χ1n) is 10.3. The number of imidazole rings is 1. The van der Waals surface area contributed by atoms with E-state index in [1.807, 2.05) is 31.4 Å². The van der Waals surface area contributed by atoms with Crippen molar-refractivity contribution in [3.05, 3.63) is 60.3 Å². The molecule has 0 radical (unpaired) electrons. The van der Waals surface area contributed by atoms with E-state index >= 15 is 0 Å². The predicted molar refractivity (Wildman–Crippen MR) is 115 cm³/mol. The number of aromatic nitrogens is 4. The second-order valence-electron chi connectivity index (χ2n) is 7.59. The van der Waals surface area contributed by atoms with Crippen LogP contribution in [-0.2, 0) is 13.1 Å². The summed E-state index contributed by atoms with van der Waals surface area (Å²) in [7, 11) is 3.81. The lowest BCUT2D eigenvalue weighted by Gasteiger charge is -2.20. The maximum Gasteiger partial charge on any atom is 0.194 e. The number of aromatic amines is 1. The Morgan fingerprint density at radius 1 is 1.24 bits per heavy atom. The minimum absolute atomic E-state index is 0.573. The summed E-state index contributed by atoms with van der Waals surface area (Å²) in [6.45, 7) is 1.30. The van der Waals surface area contributed by atoms with Crippen molar-refractivity contribution in [1.29, 1.82) is 0 Å². The number of nitrogens with zero attached hydrogens (tertiary/aromatic N) is 5. The second kappa shape index (κ2) is 8.94. The van der Waals surface area contributed by atoms with E-state index in [0.29, 0.717) is 19.1 Å². The normalized spacial score (nSPS) is 15.0. The Morgan fingerprint density at radius 2 is 2.03 bits per heavy atom. The van der Waals surface area contributed by atoms with Crippen molar-refractivity contribution in [3.8, 4) is 11.3 Å². The maximum absolute atomic E-state index is 4.74. The molecule has 3 aromatic rings. The molecule has 7 nitrogen and oxygen atoms in total. The molecule has 1 aromatic carbocycles. The van der Waals surface area contributed by atoms with Gasteiger partial charge in [-0.3, -0.25) is 9.67 Å². The summed E-state index contributed by atoms with van der Waals surface area (Å²) >= 11 is 0. The lowest BCUT2D eigenvalue weighted by molar-refractivity contribution is 0.454. The molecule has 1 aliphatic rings. The van der Waals surface area contributed by atoms with Gasteiger partial charge in [0, 0.05) is 20.3 Å². The molecule has 7 heteroatoms. The first-order chi connectivity index (χ1) is 14.2. The van der Waals surface area contributed by atoms with E-state index in [1.54, 1.807) is 7.05 Å². The van der Waals surface area contributed by atoms with Crippen LogP contribution in [0.15, 0.2) is 53.8 Å². The van der Waals surface area contributed by atoms with Gasteiger partial charge in [0.05, 0.1) is 36.7 Å². The van der Waals surface area contributed by atoms with Gasteiger partial charge in [-0.1, -0.05) is 43.2 Å². The topological polar surface area (TPSA) is 74.1 Å². The molecule has 0 bridgehead atoms. The van der Waals surface area contributed by atoms with Gasteiger partial charge < -0.3 is 15.2 Å². The van der Waals surface area contributed by atoms with Crippen LogP contribution < -0.4 is 5.32 Å². The Bertz CT molecular complexity index is 935. The standard InChI is InChI=1S/C22H29N7/c1-23-22(25-14-18-12-13-29(27-18)19-10-6-7-11-19)28(2)16-21-24-15-20(26-21)17-8-4-3-5-9-17/h3-5,8-9,12-13,15,19H,6-7,10-11,14,16H2,1-2H3,(H,23,25)(H,24,26). The van der Waals surface area contributed by atoms with Crippen LogP contribution in [-0.4, -0.2) is 44.7 Å². The smallest absolute Gasteiger partial charge is 0.194 e. The minimum Gasteiger partial charge on any atom is -0.351 e. The van der Waals surface area contributed by atoms with Crippen LogP contribution >= 0.6 is 0 Å². The summed E-state index contributed by atoms with van der Waals surface area (Å²) in [4.78, 5) is 14.4. The summed E-state index contributed by atoms with van der Waals surface area (Å²) < 4.78 is 2.13. The third kappa shape index (κ3) is 4.67. The third-order valence-corrected chi connectivity index (χ3v) is 5.46. The molecule has 0 atom stereocenters. The van der Waals surface area contributed by atoms with E-state index in [1.165, 1.54) is 25.7 Å². The molecule has 1 aliphatic carbocycles. The fourth-order valence-corrected chi connectivity index (χ4v) is 3.90. The zero-order chi connectivity index (χ0) is 20.1. The number of H-pyrrole nitrogens is 1. The van der Waals surface area contributed by atoms with Gasteiger partial charge in [0.15, 0.2) is 5.96 Å². The molecule has 2 N–H and O–H groups in total. The SMILES string of the molecule is CN=C(NCc1ccn(C2CCCC2)n1)N(C)Cc1ncc(-c2ccccc2)[nH]1. The molecular weight excluding hydrogens is 362 g/mol. The fourth-order valence-electron chi connectivity index (χ4n) is 3.90. The zero-order valence-corrected chi connectivity index (χ0v) is 17.2. The van der Waals surface area contributed by atoms with Crippen molar-refractivity contribution >= 4 is 5.96 Å². The third-order valence-electron chi connectivity index (χ3n) is 5.46. The predicted octanol–water partition coefficient (Wildman–Crippen LogP) is 3.60. The molecule has 4 rings (SSSR count). The molecule has 0 saturated heterocycles. The highest BCUT2D eigenvalue weighted by Gasteiger charge is 2.17. The maximum atomic E-state index is 4.74.